The maximum absolute atomic E-state index is 9.63. The molecule has 0 bridgehead atoms. The van der Waals surface area contributed by atoms with E-state index in [-0.39, 0.29) is 12.0 Å². The van der Waals surface area contributed by atoms with Crippen LogP contribution in [-0.4, -0.2) is 18.8 Å². The van der Waals surface area contributed by atoms with Gasteiger partial charge in [-0.15, -0.1) is 0 Å². The number of rotatable bonds is 3. The van der Waals surface area contributed by atoms with Gasteiger partial charge in [0.05, 0.1) is 13.7 Å². The van der Waals surface area contributed by atoms with Crippen LogP contribution < -0.4 is 4.74 Å². The van der Waals surface area contributed by atoms with Crippen LogP contribution in [0.2, 0.25) is 0 Å². The molecule has 0 spiro atoms. The zero-order valence-corrected chi connectivity index (χ0v) is 9.39. The first kappa shape index (κ1) is 11.0. The molecule has 0 amide bonds. The van der Waals surface area contributed by atoms with E-state index in [1.807, 2.05) is 36.4 Å². The highest BCUT2D eigenvalue weighted by molar-refractivity contribution is 5.40. The van der Waals surface area contributed by atoms with Crippen LogP contribution in [0.1, 0.15) is 12.0 Å². The van der Waals surface area contributed by atoms with Gasteiger partial charge < -0.3 is 9.84 Å². The van der Waals surface area contributed by atoms with E-state index in [2.05, 4.69) is 12.2 Å². The summed E-state index contributed by atoms with van der Waals surface area (Å²) in [7, 11) is 1.65. The van der Waals surface area contributed by atoms with Crippen molar-refractivity contribution < 1.29 is 9.84 Å². The molecule has 0 fully saturated rings. The van der Waals surface area contributed by atoms with Gasteiger partial charge in [-0.1, -0.05) is 36.4 Å². The molecule has 0 aromatic heterocycles. The molecule has 16 heavy (non-hydrogen) atoms. The van der Waals surface area contributed by atoms with Crippen molar-refractivity contribution in [2.24, 2.45) is 0 Å². The van der Waals surface area contributed by atoms with E-state index < -0.39 is 0 Å². The highest BCUT2D eigenvalue weighted by Gasteiger charge is 2.28. The van der Waals surface area contributed by atoms with Gasteiger partial charge in [-0.05, 0) is 24.1 Å². The van der Waals surface area contributed by atoms with E-state index in [4.69, 9.17) is 4.74 Å². The van der Waals surface area contributed by atoms with Gasteiger partial charge in [0, 0.05) is 5.41 Å². The number of hydrogen-bond donors (Lipinski definition) is 1. The molecule has 0 saturated heterocycles. The van der Waals surface area contributed by atoms with Crippen molar-refractivity contribution >= 4 is 0 Å². The predicted molar refractivity (Wildman–Crippen MR) is 64.7 cm³/mol. The van der Waals surface area contributed by atoms with Crippen molar-refractivity contribution in [1.82, 2.24) is 0 Å². The minimum absolute atomic E-state index is 0.112. The number of allylic oxidation sites excluding steroid dienone is 3. The molecule has 2 rings (SSSR count). The average Bonchev–Trinajstić information content (AvgIpc) is 2.39. The second-order valence-corrected chi connectivity index (χ2v) is 4.04. The standard InChI is InChI=1S/C14H16O2/c1-16-13-7-5-6-12(10-13)14(11-15)8-3-2-4-9-14/h2-8,10,15H,9,11H2,1H3/t14-/m0/s1. The Bertz CT molecular complexity index is 420. The lowest BCUT2D eigenvalue weighted by atomic mass is 9.76. The van der Waals surface area contributed by atoms with Crippen LogP contribution in [0.4, 0.5) is 0 Å². The molecule has 84 valence electrons. The zero-order valence-electron chi connectivity index (χ0n) is 9.39. The Morgan fingerprint density at radius 3 is 2.88 bits per heavy atom. The van der Waals surface area contributed by atoms with E-state index in [1.165, 1.54) is 0 Å². The molecule has 1 N–H and O–H groups in total. The lowest BCUT2D eigenvalue weighted by molar-refractivity contribution is 0.224. The molecule has 0 radical (unpaired) electrons. The van der Waals surface area contributed by atoms with E-state index in [9.17, 15) is 5.11 Å². The lowest BCUT2D eigenvalue weighted by Crippen LogP contribution is -2.28. The first-order valence-electron chi connectivity index (χ1n) is 5.40. The molecule has 2 heteroatoms. The third-order valence-corrected chi connectivity index (χ3v) is 3.07. The van der Waals surface area contributed by atoms with Crippen molar-refractivity contribution in [3.05, 3.63) is 54.1 Å². The van der Waals surface area contributed by atoms with Crippen LogP contribution in [0, 0.1) is 0 Å². The minimum atomic E-state index is -0.288. The summed E-state index contributed by atoms with van der Waals surface area (Å²) in [6.45, 7) is 0.112. The lowest BCUT2D eigenvalue weighted by Gasteiger charge is -2.29. The fraction of sp³-hybridized carbons (Fsp3) is 0.286. The number of aliphatic hydroxyl groups is 1. The molecular weight excluding hydrogens is 200 g/mol. The summed E-state index contributed by atoms with van der Waals surface area (Å²) in [5.74, 6) is 0.827. The number of aliphatic hydroxyl groups excluding tert-OH is 1. The summed E-state index contributed by atoms with van der Waals surface area (Å²) in [5.41, 5.74) is 0.804. The summed E-state index contributed by atoms with van der Waals surface area (Å²) in [4.78, 5) is 0. The molecule has 0 unspecified atom stereocenters. The van der Waals surface area contributed by atoms with Crippen molar-refractivity contribution in [3.8, 4) is 5.75 Å². The van der Waals surface area contributed by atoms with E-state index in [0.29, 0.717) is 0 Å². The summed E-state index contributed by atoms with van der Waals surface area (Å²) in [6.07, 6.45) is 8.96. The smallest absolute Gasteiger partial charge is 0.119 e. The molecule has 1 aromatic rings. The Labute approximate surface area is 95.9 Å². The Morgan fingerprint density at radius 2 is 2.25 bits per heavy atom. The SMILES string of the molecule is COc1cccc([C@@]2(CO)C=CC=CC2)c1. The van der Waals surface area contributed by atoms with E-state index in [0.717, 1.165) is 17.7 Å². The summed E-state index contributed by atoms with van der Waals surface area (Å²) in [6, 6.07) is 7.89. The summed E-state index contributed by atoms with van der Waals surface area (Å²) < 4.78 is 5.21. The van der Waals surface area contributed by atoms with Gasteiger partial charge in [-0.3, -0.25) is 0 Å². The second kappa shape index (κ2) is 4.54. The number of benzene rings is 1. The van der Waals surface area contributed by atoms with Gasteiger partial charge in [0.1, 0.15) is 5.75 Å². The van der Waals surface area contributed by atoms with Crippen LogP contribution in [0.5, 0.6) is 5.75 Å². The van der Waals surface area contributed by atoms with E-state index in [1.54, 1.807) is 7.11 Å². The van der Waals surface area contributed by atoms with Crippen LogP contribution in [-0.2, 0) is 5.41 Å². The Kier molecular flexibility index (Phi) is 3.11. The van der Waals surface area contributed by atoms with Crippen molar-refractivity contribution in [2.75, 3.05) is 13.7 Å². The second-order valence-electron chi connectivity index (χ2n) is 4.04. The average molecular weight is 216 g/mol. The fourth-order valence-electron chi connectivity index (χ4n) is 2.02. The molecular formula is C14H16O2. The molecule has 0 saturated carbocycles. The van der Waals surface area contributed by atoms with E-state index >= 15 is 0 Å². The molecule has 0 aliphatic heterocycles. The number of hydrogen-bond acceptors (Lipinski definition) is 2. The van der Waals surface area contributed by atoms with Crippen LogP contribution in [0.3, 0.4) is 0 Å². The van der Waals surface area contributed by atoms with Gasteiger partial charge in [0.2, 0.25) is 0 Å². The Morgan fingerprint density at radius 1 is 1.38 bits per heavy atom. The zero-order chi connectivity index (χ0) is 11.4. The molecule has 1 atom stereocenters. The predicted octanol–water partition coefficient (Wildman–Crippen LogP) is 2.44. The summed E-state index contributed by atoms with van der Waals surface area (Å²) >= 11 is 0. The first-order chi connectivity index (χ1) is 7.80. The van der Waals surface area contributed by atoms with Crippen LogP contribution >= 0.6 is 0 Å². The molecule has 2 nitrogen and oxygen atoms in total. The first-order valence-corrected chi connectivity index (χ1v) is 5.40. The quantitative estimate of drug-likeness (QED) is 0.841. The van der Waals surface area contributed by atoms with Crippen molar-refractivity contribution in [2.45, 2.75) is 11.8 Å². The topological polar surface area (TPSA) is 29.5 Å². The third kappa shape index (κ3) is 1.89. The molecule has 0 heterocycles. The highest BCUT2D eigenvalue weighted by atomic mass is 16.5. The van der Waals surface area contributed by atoms with Crippen molar-refractivity contribution in [3.63, 3.8) is 0 Å². The number of ether oxygens (including phenoxy) is 1. The largest absolute Gasteiger partial charge is 0.497 e. The highest BCUT2D eigenvalue weighted by Crippen LogP contribution is 2.33. The molecule has 1 aliphatic rings. The summed E-state index contributed by atoms with van der Waals surface area (Å²) in [5, 5.41) is 9.63. The van der Waals surface area contributed by atoms with Gasteiger partial charge in [-0.25, -0.2) is 0 Å². The maximum Gasteiger partial charge on any atom is 0.119 e. The number of methoxy groups -OCH3 is 1. The Hall–Kier alpha value is -1.54. The fourth-order valence-corrected chi connectivity index (χ4v) is 2.02. The minimum Gasteiger partial charge on any atom is -0.497 e. The van der Waals surface area contributed by atoms with Gasteiger partial charge in [0.15, 0.2) is 0 Å². The van der Waals surface area contributed by atoms with Crippen LogP contribution in [0.15, 0.2) is 48.6 Å². The maximum atomic E-state index is 9.63. The van der Waals surface area contributed by atoms with Gasteiger partial charge in [-0.2, -0.15) is 0 Å². The van der Waals surface area contributed by atoms with Crippen molar-refractivity contribution in [1.29, 1.82) is 0 Å². The normalized spacial score (nSPS) is 23.4. The monoisotopic (exact) mass is 216 g/mol. The molecule has 1 aromatic carbocycles. The van der Waals surface area contributed by atoms with Crippen LogP contribution in [0.25, 0.3) is 0 Å². The van der Waals surface area contributed by atoms with Gasteiger partial charge in [0.25, 0.3) is 0 Å². The third-order valence-electron chi connectivity index (χ3n) is 3.07. The Balaban J connectivity index is 2.40. The van der Waals surface area contributed by atoms with Gasteiger partial charge >= 0.3 is 0 Å². The molecule has 1 aliphatic carbocycles.